The van der Waals surface area contributed by atoms with Gasteiger partial charge in [0.2, 0.25) is 0 Å². The third kappa shape index (κ3) is 4.51. The van der Waals surface area contributed by atoms with Crippen molar-refractivity contribution in [3.05, 3.63) is 42.1 Å². The molecule has 3 heterocycles. The van der Waals surface area contributed by atoms with E-state index in [9.17, 15) is 4.79 Å². The van der Waals surface area contributed by atoms with Gasteiger partial charge in [-0.25, -0.2) is 14.8 Å². The van der Waals surface area contributed by atoms with E-state index >= 15 is 0 Å². The lowest BCUT2D eigenvalue weighted by molar-refractivity contribution is 0.104. The van der Waals surface area contributed by atoms with Crippen LogP contribution in [0.25, 0.3) is 0 Å². The number of aliphatic hydroxyl groups excluding tert-OH is 1. The van der Waals surface area contributed by atoms with Gasteiger partial charge in [-0.05, 0) is 39.0 Å². The van der Waals surface area contributed by atoms with Crippen LogP contribution in [-0.2, 0) is 6.42 Å². The lowest BCUT2D eigenvalue weighted by Crippen LogP contribution is -2.59. The first-order valence-corrected chi connectivity index (χ1v) is 9.08. The van der Waals surface area contributed by atoms with Crippen molar-refractivity contribution in [2.75, 3.05) is 24.6 Å². The van der Waals surface area contributed by atoms with Gasteiger partial charge in [0.1, 0.15) is 11.6 Å². The van der Waals surface area contributed by atoms with E-state index in [4.69, 9.17) is 9.84 Å². The Labute approximate surface area is 158 Å². The number of rotatable bonds is 4. The Morgan fingerprint density at radius 2 is 1.96 bits per heavy atom. The number of pyridine rings is 1. The minimum Gasteiger partial charge on any atom is -0.409 e. The summed E-state index contributed by atoms with van der Waals surface area (Å²) in [7, 11) is 0. The monoisotopic (exact) mass is 371 g/mol. The summed E-state index contributed by atoms with van der Waals surface area (Å²) in [6.45, 7) is 7.17. The van der Waals surface area contributed by atoms with Gasteiger partial charge >= 0.3 is 6.09 Å². The van der Waals surface area contributed by atoms with Gasteiger partial charge in [0.15, 0.2) is 5.75 Å². The fourth-order valence-corrected chi connectivity index (χ4v) is 3.32. The largest absolute Gasteiger partial charge is 0.415 e. The van der Waals surface area contributed by atoms with E-state index in [1.54, 1.807) is 23.4 Å². The van der Waals surface area contributed by atoms with Crippen molar-refractivity contribution < 1.29 is 14.6 Å². The molecule has 1 saturated heterocycles. The molecule has 1 amide bonds. The summed E-state index contributed by atoms with van der Waals surface area (Å²) in [5.41, 5.74) is 0.871. The molecule has 0 spiro atoms. The van der Waals surface area contributed by atoms with Gasteiger partial charge in [0.05, 0.1) is 24.9 Å². The first-order valence-electron chi connectivity index (χ1n) is 9.08. The quantitative estimate of drug-likeness (QED) is 0.876. The zero-order chi connectivity index (χ0) is 19.4. The highest BCUT2D eigenvalue weighted by Crippen LogP contribution is 2.22. The molecule has 8 heteroatoms. The maximum Gasteiger partial charge on any atom is 0.415 e. The Morgan fingerprint density at radius 3 is 2.59 bits per heavy atom. The third-order valence-electron chi connectivity index (χ3n) is 4.57. The Balaban J connectivity index is 1.68. The molecule has 2 aromatic rings. The summed E-state index contributed by atoms with van der Waals surface area (Å²) in [6.07, 6.45) is 3.32. The molecule has 2 atom stereocenters. The number of ether oxygens (including phenoxy) is 1. The van der Waals surface area contributed by atoms with Crippen molar-refractivity contribution in [1.82, 2.24) is 19.9 Å². The smallest absolute Gasteiger partial charge is 0.409 e. The maximum atomic E-state index is 12.7. The number of aromatic nitrogens is 3. The number of aliphatic hydroxyl groups is 1. The second-order valence-electron chi connectivity index (χ2n) is 6.82. The molecule has 1 aliphatic rings. The van der Waals surface area contributed by atoms with E-state index in [2.05, 4.69) is 19.9 Å². The minimum atomic E-state index is -0.371. The molecule has 3 rings (SSSR count). The van der Waals surface area contributed by atoms with Gasteiger partial charge in [0.25, 0.3) is 0 Å². The summed E-state index contributed by atoms with van der Waals surface area (Å²) in [4.78, 5) is 29.4. The molecule has 0 saturated carbocycles. The molecule has 1 fully saturated rings. The normalized spacial score (nSPS) is 19.9. The zero-order valence-corrected chi connectivity index (χ0v) is 15.9. The third-order valence-corrected chi connectivity index (χ3v) is 4.57. The molecular formula is C19H25N5O3. The Kier molecular flexibility index (Phi) is 5.85. The van der Waals surface area contributed by atoms with Crippen LogP contribution in [0.5, 0.6) is 5.75 Å². The highest BCUT2D eigenvalue weighted by atomic mass is 16.6. The van der Waals surface area contributed by atoms with Gasteiger partial charge < -0.3 is 14.7 Å². The van der Waals surface area contributed by atoms with E-state index < -0.39 is 0 Å². The SMILES string of the molecule is Cc1ccc(OC(=O)N2[C@H](C)CN(c3ccnc(CCO)n3)C[C@@H]2C)cn1. The number of hydrogen-bond acceptors (Lipinski definition) is 7. The van der Waals surface area contributed by atoms with Crippen LogP contribution >= 0.6 is 0 Å². The first kappa shape index (κ1) is 19.0. The average molecular weight is 371 g/mol. The van der Waals surface area contributed by atoms with Crippen molar-refractivity contribution in [2.24, 2.45) is 0 Å². The molecular weight excluding hydrogens is 346 g/mol. The van der Waals surface area contributed by atoms with Crippen molar-refractivity contribution in [3.8, 4) is 5.75 Å². The number of carbonyl (C=O) groups excluding carboxylic acids is 1. The molecule has 2 aromatic heterocycles. The van der Waals surface area contributed by atoms with Crippen LogP contribution in [-0.4, -0.2) is 62.8 Å². The van der Waals surface area contributed by atoms with Gasteiger partial charge in [-0.15, -0.1) is 0 Å². The summed E-state index contributed by atoms with van der Waals surface area (Å²) in [6, 6.07) is 5.32. The van der Waals surface area contributed by atoms with E-state index in [1.807, 2.05) is 32.9 Å². The fraction of sp³-hybridized carbons (Fsp3) is 0.474. The molecule has 8 nitrogen and oxygen atoms in total. The molecule has 0 aromatic carbocycles. The predicted molar refractivity (Wildman–Crippen MR) is 101 cm³/mol. The van der Waals surface area contributed by atoms with E-state index in [-0.39, 0.29) is 24.8 Å². The zero-order valence-electron chi connectivity index (χ0n) is 15.9. The Morgan fingerprint density at radius 1 is 1.22 bits per heavy atom. The molecule has 0 aliphatic carbocycles. The Bertz CT molecular complexity index is 771. The van der Waals surface area contributed by atoms with Crippen LogP contribution in [0, 0.1) is 6.92 Å². The van der Waals surface area contributed by atoms with Gasteiger partial charge in [-0.1, -0.05) is 0 Å². The minimum absolute atomic E-state index is 0.0176. The summed E-state index contributed by atoms with van der Waals surface area (Å²) < 4.78 is 5.49. The van der Waals surface area contributed by atoms with Crippen molar-refractivity contribution >= 4 is 11.9 Å². The summed E-state index contributed by atoms with van der Waals surface area (Å²) in [5.74, 6) is 1.86. The number of amides is 1. The fourth-order valence-electron chi connectivity index (χ4n) is 3.32. The topological polar surface area (TPSA) is 91.7 Å². The van der Waals surface area contributed by atoms with E-state index in [0.29, 0.717) is 31.1 Å². The van der Waals surface area contributed by atoms with Crippen LogP contribution in [0.3, 0.4) is 0 Å². The number of aryl methyl sites for hydroxylation is 1. The highest BCUT2D eigenvalue weighted by molar-refractivity contribution is 5.72. The van der Waals surface area contributed by atoms with Crippen LogP contribution in [0.15, 0.2) is 30.6 Å². The van der Waals surface area contributed by atoms with Crippen LogP contribution in [0.2, 0.25) is 0 Å². The molecule has 1 aliphatic heterocycles. The summed E-state index contributed by atoms with van der Waals surface area (Å²) in [5, 5.41) is 9.08. The van der Waals surface area contributed by atoms with Crippen LogP contribution in [0.4, 0.5) is 10.6 Å². The molecule has 144 valence electrons. The number of carbonyl (C=O) groups is 1. The standard InChI is InChI=1S/C19H25N5O3/c1-13-4-5-16(10-21-13)27-19(26)24-14(2)11-23(12-15(24)3)18-6-8-20-17(22-18)7-9-25/h4-6,8,10,14-15,25H,7,9,11-12H2,1-3H3/t14-,15+. The van der Waals surface area contributed by atoms with Gasteiger partial charge in [-0.2, -0.15) is 0 Å². The molecule has 0 bridgehead atoms. The van der Waals surface area contributed by atoms with Crippen LogP contribution in [0.1, 0.15) is 25.4 Å². The molecule has 1 N–H and O–H groups in total. The van der Waals surface area contributed by atoms with Crippen LogP contribution < -0.4 is 9.64 Å². The number of anilines is 1. The van der Waals surface area contributed by atoms with Crippen molar-refractivity contribution in [2.45, 2.75) is 39.3 Å². The first-order chi connectivity index (χ1) is 13.0. The van der Waals surface area contributed by atoms with E-state index in [0.717, 1.165) is 11.5 Å². The number of piperazine rings is 1. The molecule has 27 heavy (non-hydrogen) atoms. The van der Waals surface area contributed by atoms with Crippen molar-refractivity contribution in [3.63, 3.8) is 0 Å². The highest BCUT2D eigenvalue weighted by Gasteiger charge is 2.34. The second-order valence-corrected chi connectivity index (χ2v) is 6.82. The lowest BCUT2D eigenvalue weighted by atomic mass is 10.1. The molecule has 0 unspecified atom stereocenters. The Hall–Kier alpha value is -2.74. The van der Waals surface area contributed by atoms with Gasteiger partial charge in [0, 0.05) is 31.4 Å². The number of nitrogens with zero attached hydrogens (tertiary/aromatic N) is 5. The van der Waals surface area contributed by atoms with E-state index in [1.165, 1.54) is 0 Å². The second kappa shape index (κ2) is 8.30. The molecule has 0 radical (unpaired) electrons. The maximum absolute atomic E-state index is 12.7. The average Bonchev–Trinajstić information content (AvgIpc) is 2.63. The van der Waals surface area contributed by atoms with Crippen molar-refractivity contribution in [1.29, 1.82) is 0 Å². The number of hydrogen-bond donors (Lipinski definition) is 1. The predicted octanol–water partition coefficient (Wildman–Crippen LogP) is 1.81. The summed E-state index contributed by atoms with van der Waals surface area (Å²) >= 11 is 0. The van der Waals surface area contributed by atoms with Gasteiger partial charge in [-0.3, -0.25) is 9.88 Å². The lowest BCUT2D eigenvalue weighted by Gasteiger charge is -2.44.